The summed E-state index contributed by atoms with van der Waals surface area (Å²) in [5.74, 6) is 2.12. The lowest BCUT2D eigenvalue weighted by atomic mass is 9.64. The van der Waals surface area contributed by atoms with Crippen molar-refractivity contribution in [2.75, 3.05) is 24.7 Å². The van der Waals surface area contributed by atoms with Crippen molar-refractivity contribution in [3.8, 4) is 0 Å². The van der Waals surface area contributed by atoms with Crippen LogP contribution in [-0.2, 0) is 15.5 Å². The first-order valence-corrected chi connectivity index (χ1v) is 8.56. The van der Waals surface area contributed by atoms with Gasteiger partial charge in [0.1, 0.15) is 0 Å². The Kier molecular flexibility index (Phi) is 6.28. The molecule has 0 amide bonds. The fourth-order valence-corrected chi connectivity index (χ4v) is 2.95. The molecule has 1 rings (SSSR count). The average Bonchev–Trinajstić information content (AvgIpc) is 2.30. The highest BCUT2D eigenvalue weighted by Gasteiger charge is 2.48. The summed E-state index contributed by atoms with van der Waals surface area (Å²) < 4.78 is 17.3. The third kappa shape index (κ3) is 4.32. The summed E-state index contributed by atoms with van der Waals surface area (Å²) in [4.78, 5) is 0. The molecule has 1 saturated carbocycles. The Hall–Kier alpha value is 0.0700. The maximum atomic E-state index is 11.3. The first-order chi connectivity index (χ1) is 8.37. The minimum Gasteiger partial charge on any atom is -0.377 e. The molecule has 3 atom stereocenters. The summed E-state index contributed by atoms with van der Waals surface area (Å²) >= 11 is 0. The van der Waals surface area contributed by atoms with Crippen LogP contribution in [0, 0.1) is 11.3 Å². The molecule has 1 aliphatic rings. The minimum absolute atomic E-state index is 0.197. The lowest BCUT2D eigenvalue weighted by molar-refractivity contribution is -0.123. The number of rotatable bonds is 8. The molecule has 0 radical (unpaired) electrons. The van der Waals surface area contributed by atoms with Gasteiger partial charge in [0.15, 0.2) is 0 Å². The number of hydrogen-bond acceptors (Lipinski definition) is 3. The van der Waals surface area contributed by atoms with Gasteiger partial charge in [0.25, 0.3) is 0 Å². The molecule has 1 N–H and O–H groups in total. The van der Waals surface area contributed by atoms with Crippen LogP contribution in [-0.4, -0.2) is 41.0 Å². The van der Waals surface area contributed by atoms with E-state index in [0.717, 1.165) is 31.1 Å². The van der Waals surface area contributed by atoms with Crippen LogP contribution in [0.2, 0.25) is 0 Å². The SMILES string of the molecule is CCS(=O)CCNC1CC(OCC(C)C)C1(C)C. The van der Waals surface area contributed by atoms with Crippen molar-refractivity contribution in [2.45, 2.75) is 53.2 Å². The molecule has 0 spiro atoms. The molecule has 0 aliphatic heterocycles. The zero-order chi connectivity index (χ0) is 13.8. The zero-order valence-electron chi connectivity index (χ0n) is 12.5. The standard InChI is InChI=1S/C14H29NO2S/c1-6-18(16)8-7-15-12-9-13(14(12,4)5)17-10-11(2)3/h11-13,15H,6-10H2,1-5H3. The van der Waals surface area contributed by atoms with E-state index in [1.807, 2.05) is 6.92 Å². The van der Waals surface area contributed by atoms with Crippen molar-refractivity contribution >= 4 is 10.8 Å². The average molecular weight is 275 g/mol. The molecule has 4 heteroatoms. The summed E-state index contributed by atoms with van der Waals surface area (Å²) in [5.41, 5.74) is 0.197. The molecule has 108 valence electrons. The molecule has 0 aromatic carbocycles. The Morgan fingerprint density at radius 3 is 2.61 bits per heavy atom. The van der Waals surface area contributed by atoms with Crippen LogP contribution in [0.3, 0.4) is 0 Å². The molecular formula is C14H29NO2S. The van der Waals surface area contributed by atoms with Gasteiger partial charge >= 0.3 is 0 Å². The van der Waals surface area contributed by atoms with Crippen molar-refractivity contribution in [3.63, 3.8) is 0 Å². The second-order valence-corrected chi connectivity index (χ2v) is 8.08. The number of ether oxygens (including phenoxy) is 1. The highest BCUT2D eigenvalue weighted by Crippen LogP contribution is 2.42. The van der Waals surface area contributed by atoms with Gasteiger partial charge < -0.3 is 10.1 Å². The molecule has 0 aromatic rings. The smallest absolute Gasteiger partial charge is 0.0656 e. The van der Waals surface area contributed by atoms with Gasteiger partial charge in [0.2, 0.25) is 0 Å². The lowest BCUT2D eigenvalue weighted by Crippen LogP contribution is -2.61. The highest BCUT2D eigenvalue weighted by molar-refractivity contribution is 7.84. The van der Waals surface area contributed by atoms with Crippen LogP contribution in [0.5, 0.6) is 0 Å². The lowest BCUT2D eigenvalue weighted by Gasteiger charge is -2.52. The molecule has 0 bridgehead atoms. The molecule has 1 fully saturated rings. The van der Waals surface area contributed by atoms with Gasteiger partial charge in [0, 0.05) is 46.9 Å². The molecule has 0 aromatic heterocycles. The van der Waals surface area contributed by atoms with Gasteiger partial charge in [-0.1, -0.05) is 34.6 Å². The minimum atomic E-state index is -0.658. The molecule has 3 unspecified atom stereocenters. The van der Waals surface area contributed by atoms with E-state index in [9.17, 15) is 4.21 Å². The van der Waals surface area contributed by atoms with Gasteiger partial charge in [-0.2, -0.15) is 0 Å². The van der Waals surface area contributed by atoms with Crippen molar-refractivity contribution in [1.29, 1.82) is 0 Å². The third-order valence-electron chi connectivity index (χ3n) is 3.85. The van der Waals surface area contributed by atoms with Crippen LogP contribution < -0.4 is 5.32 Å². The fourth-order valence-electron chi connectivity index (χ4n) is 2.31. The van der Waals surface area contributed by atoms with E-state index < -0.39 is 10.8 Å². The van der Waals surface area contributed by atoms with E-state index in [2.05, 4.69) is 33.0 Å². The van der Waals surface area contributed by atoms with Crippen LogP contribution in [0.25, 0.3) is 0 Å². The Bertz CT molecular complexity index is 279. The molecule has 0 heterocycles. The summed E-state index contributed by atoms with van der Waals surface area (Å²) in [7, 11) is -0.658. The Morgan fingerprint density at radius 1 is 1.44 bits per heavy atom. The summed E-state index contributed by atoms with van der Waals surface area (Å²) in [6, 6.07) is 0.503. The van der Waals surface area contributed by atoms with Gasteiger partial charge in [-0.15, -0.1) is 0 Å². The van der Waals surface area contributed by atoms with Crippen LogP contribution in [0.4, 0.5) is 0 Å². The van der Waals surface area contributed by atoms with Crippen molar-refractivity contribution in [3.05, 3.63) is 0 Å². The van der Waals surface area contributed by atoms with E-state index >= 15 is 0 Å². The van der Waals surface area contributed by atoms with E-state index in [1.165, 1.54) is 0 Å². The second kappa shape index (κ2) is 7.01. The van der Waals surface area contributed by atoms with Gasteiger partial charge in [-0.25, -0.2) is 0 Å². The van der Waals surface area contributed by atoms with Gasteiger partial charge in [0.05, 0.1) is 6.10 Å². The predicted octanol–water partition coefficient (Wildman–Crippen LogP) is 2.18. The predicted molar refractivity (Wildman–Crippen MR) is 78.3 cm³/mol. The Morgan fingerprint density at radius 2 is 2.11 bits per heavy atom. The van der Waals surface area contributed by atoms with Crippen LogP contribution >= 0.6 is 0 Å². The summed E-state index contributed by atoms with van der Waals surface area (Å²) in [6.07, 6.45) is 1.45. The number of hydrogen-bond donors (Lipinski definition) is 1. The first kappa shape index (κ1) is 16.1. The largest absolute Gasteiger partial charge is 0.377 e. The number of nitrogens with one attached hydrogen (secondary N) is 1. The Labute approximate surface area is 115 Å². The molecule has 18 heavy (non-hydrogen) atoms. The molecule has 3 nitrogen and oxygen atoms in total. The van der Waals surface area contributed by atoms with Crippen molar-refractivity contribution in [1.82, 2.24) is 5.32 Å². The van der Waals surface area contributed by atoms with E-state index in [4.69, 9.17) is 4.74 Å². The maximum absolute atomic E-state index is 11.3. The molecule has 1 aliphatic carbocycles. The third-order valence-corrected chi connectivity index (χ3v) is 5.15. The normalized spacial score (nSPS) is 28.1. The van der Waals surface area contributed by atoms with E-state index in [-0.39, 0.29) is 5.41 Å². The van der Waals surface area contributed by atoms with Gasteiger partial charge in [-0.05, 0) is 12.3 Å². The summed E-state index contributed by atoms with van der Waals surface area (Å²) in [6.45, 7) is 12.6. The fraction of sp³-hybridized carbons (Fsp3) is 1.00. The molecule has 0 saturated heterocycles. The van der Waals surface area contributed by atoms with Gasteiger partial charge in [-0.3, -0.25) is 4.21 Å². The van der Waals surface area contributed by atoms with E-state index in [0.29, 0.717) is 18.1 Å². The summed E-state index contributed by atoms with van der Waals surface area (Å²) in [5, 5.41) is 3.52. The van der Waals surface area contributed by atoms with Crippen molar-refractivity contribution < 1.29 is 8.95 Å². The van der Waals surface area contributed by atoms with Crippen LogP contribution in [0.1, 0.15) is 41.0 Å². The zero-order valence-corrected chi connectivity index (χ0v) is 13.3. The second-order valence-electron chi connectivity index (χ2n) is 6.21. The highest BCUT2D eigenvalue weighted by atomic mass is 32.2. The van der Waals surface area contributed by atoms with E-state index in [1.54, 1.807) is 0 Å². The topological polar surface area (TPSA) is 38.3 Å². The van der Waals surface area contributed by atoms with Crippen LogP contribution in [0.15, 0.2) is 0 Å². The molecular weight excluding hydrogens is 246 g/mol. The first-order valence-electron chi connectivity index (χ1n) is 7.07. The van der Waals surface area contributed by atoms with Crippen molar-refractivity contribution in [2.24, 2.45) is 11.3 Å². The quantitative estimate of drug-likeness (QED) is 0.738. The Balaban J connectivity index is 2.24. The maximum Gasteiger partial charge on any atom is 0.0656 e. The monoisotopic (exact) mass is 275 g/mol.